The smallest absolute Gasteiger partial charge is 0.329 e. The standard InChI is InChI=1S/C28H51N5O7S/c1-7-8-9-10-11-12-14-20-17-28(20,25(36)37)31-24(35)21-15-13-16-33(21)23(34)18-29-26(38)30-22(27(2,3)4)19-32(5)41(6,39)40/h20-22H,7-19H2,1-6H3,(H,31,35)(H,36,37)(H2,29,30,38)/t20?,21-,22?,28+/m0/s1. The Labute approximate surface area is 245 Å². The number of amides is 4. The van der Waals surface area contributed by atoms with Crippen LogP contribution in [0.2, 0.25) is 0 Å². The minimum atomic E-state index is -3.45. The van der Waals surface area contributed by atoms with Crippen LogP contribution in [0.3, 0.4) is 0 Å². The third-order valence-corrected chi connectivity index (χ3v) is 9.65. The first kappa shape index (κ1) is 34.8. The lowest BCUT2D eigenvalue weighted by molar-refractivity contribution is -0.145. The van der Waals surface area contributed by atoms with Crippen molar-refractivity contribution in [2.24, 2.45) is 11.3 Å². The highest BCUT2D eigenvalue weighted by Crippen LogP contribution is 2.47. The Morgan fingerprint density at radius 3 is 2.32 bits per heavy atom. The third kappa shape index (κ3) is 10.1. The molecule has 4 amide bonds. The molecule has 4 N–H and O–H groups in total. The molecule has 0 aromatic heterocycles. The Morgan fingerprint density at radius 2 is 1.73 bits per heavy atom. The topological polar surface area (TPSA) is 165 Å². The molecular weight excluding hydrogens is 550 g/mol. The zero-order valence-corrected chi connectivity index (χ0v) is 26.4. The number of carboxylic acids is 1. The molecule has 0 spiro atoms. The molecule has 0 bridgehead atoms. The maximum Gasteiger partial charge on any atom is 0.329 e. The van der Waals surface area contributed by atoms with Gasteiger partial charge in [-0.05, 0) is 37.0 Å². The van der Waals surface area contributed by atoms with Gasteiger partial charge in [-0.2, -0.15) is 0 Å². The number of likely N-dealkylation sites (N-methyl/N-ethyl adjacent to an activating group) is 1. The van der Waals surface area contributed by atoms with Crippen molar-refractivity contribution in [3.8, 4) is 0 Å². The number of hydrogen-bond donors (Lipinski definition) is 4. The number of urea groups is 1. The van der Waals surface area contributed by atoms with E-state index in [0.717, 1.165) is 36.2 Å². The van der Waals surface area contributed by atoms with Crippen molar-refractivity contribution in [3.63, 3.8) is 0 Å². The number of hydrogen-bond acceptors (Lipinski definition) is 6. The first-order chi connectivity index (χ1) is 19.0. The summed E-state index contributed by atoms with van der Waals surface area (Å²) in [6, 6.07) is -1.94. The molecule has 1 saturated heterocycles. The van der Waals surface area contributed by atoms with Crippen molar-refractivity contribution in [2.75, 3.05) is 32.9 Å². The van der Waals surface area contributed by atoms with Crippen LogP contribution >= 0.6 is 0 Å². The normalized spacial score (nSPS) is 23.2. The van der Waals surface area contributed by atoms with E-state index in [1.165, 1.54) is 31.2 Å². The van der Waals surface area contributed by atoms with E-state index in [1.807, 2.05) is 20.8 Å². The van der Waals surface area contributed by atoms with E-state index in [0.29, 0.717) is 25.8 Å². The van der Waals surface area contributed by atoms with E-state index >= 15 is 0 Å². The van der Waals surface area contributed by atoms with Crippen molar-refractivity contribution < 1.29 is 32.7 Å². The minimum absolute atomic E-state index is 0.0588. The number of aliphatic carboxylic acids is 1. The first-order valence-electron chi connectivity index (χ1n) is 14.8. The number of nitrogens with one attached hydrogen (secondary N) is 3. The van der Waals surface area contributed by atoms with Gasteiger partial charge in [0.05, 0.1) is 12.8 Å². The fraction of sp³-hybridized carbons (Fsp3) is 0.857. The van der Waals surface area contributed by atoms with E-state index in [-0.39, 0.29) is 19.0 Å². The Bertz CT molecular complexity index is 1040. The number of sulfonamides is 1. The quantitative estimate of drug-likeness (QED) is 0.197. The number of rotatable bonds is 16. The van der Waals surface area contributed by atoms with Gasteiger partial charge in [-0.1, -0.05) is 66.2 Å². The summed E-state index contributed by atoms with van der Waals surface area (Å²) in [7, 11) is -2.01. The van der Waals surface area contributed by atoms with Crippen molar-refractivity contribution >= 4 is 33.8 Å². The van der Waals surface area contributed by atoms with Gasteiger partial charge >= 0.3 is 12.0 Å². The van der Waals surface area contributed by atoms with Crippen molar-refractivity contribution in [3.05, 3.63) is 0 Å². The van der Waals surface area contributed by atoms with Gasteiger partial charge in [0.2, 0.25) is 21.8 Å². The molecule has 12 nitrogen and oxygen atoms in total. The molecule has 1 aliphatic heterocycles. The Kier molecular flexibility index (Phi) is 12.4. The largest absolute Gasteiger partial charge is 0.479 e. The number of unbranched alkanes of at least 4 members (excludes halogenated alkanes) is 5. The molecule has 0 aromatic rings. The molecule has 13 heteroatoms. The summed E-state index contributed by atoms with van der Waals surface area (Å²) in [4.78, 5) is 52.3. The molecule has 2 fully saturated rings. The van der Waals surface area contributed by atoms with Crippen LogP contribution in [-0.4, -0.2) is 97.1 Å². The molecular formula is C28H51N5O7S. The monoisotopic (exact) mass is 601 g/mol. The molecule has 1 saturated carbocycles. The summed E-state index contributed by atoms with van der Waals surface area (Å²) in [5.41, 5.74) is -1.73. The lowest BCUT2D eigenvalue weighted by Gasteiger charge is -2.34. The molecule has 0 radical (unpaired) electrons. The van der Waals surface area contributed by atoms with E-state index in [2.05, 4.69) is 22.9 Å². The van der Waals surface area contributed by atoms with Gasteiger partial charge in [0.1, 0.15) is 11.6 Å². The number of carbonyl (C=O) groups excluding carboxylic acids is 3. The summed E-state index contributed by atoms with van der Waals surface area (Å²) in [6.45, 7) is 7.82. The van der Waals surface area contributed by atoms with Crippen LogP contribution in [0.25, 0.3) is 0 Å². The van der Waals surface area contributed by atoms with Gasteiger partial charge in [0.25, 0.3) is 0 Å². The molecule has 236 valence electrons. The molecule has 41 heavy (non-hydrogen) atoms. The van der Waals surface area contributed by atoms with Crippen LogP contribution < -0.4 is 16.0 Å². The molecule has 1 heterocycles. The number of nitrogens with zero attached hydrogens (tertiary/aromatic N) is 2. The Hall–Kier alpha value is -2.41. The molecule has 4 atom stereocenters. The van der Waals surface area contributed by atoms with Gasteiger partial charge < -0.3 is 26.0 Å². The van der Waals surface area contributed by atoms with Gasteiger partial charge in [0, 0.05) is 26.2 Å². The highest BCUT2D eigenvalue weighted by Gasteiger charge is 2.61. The summed E-state index contributed by atoms with van der Waals surface area (Å²) >= 11 is 0. The fourth-order valence-electron chi connectivity index (χ4n) is 5.35. The SMILES string of the molecule is CCCCCCCCC1C[C@]1(NC(=O)[C@@H]1CCCN1C(=O)CNC(=O)NC(CN(C)S(C)(=O)=O)C(C)(C)C)C(=O)O. The molecule has 2 rings (SSSR count). The van der Waals surface area contributed by atoms with E-state index in [4.69, 9.17) is 0 Å². The lowest BCUT2D eigenvalue weighted by atomic mass is 9.87. The van der Waals surface area contributed by atoms with E-state index in [9.17, 15) is 32.7 Å². The van der Waals surface area contributed by atoms with Crippen LogP contribution in [0.4, 0.5) is 4.79 Å². The van der Waals surface area contributed by atoms with E-state index in [1.54, 1.807) is 0 Å². The van der Waals surface area contributed by atoms with E-state index < -0.39 is 56.9 Å². The zero-order chi connectivity index (χ0) is 31.0. The molecule has 0 aromatic carbocycles. The van der Waals surface area contributed by atoms with Crippen LogP contribution in [0.15, 0.2) is 0 Å². The minimum Gasteiger partial charge on any atom is -0.479 e. The van der Waals surface area contributed by atoms with Crippen molar-refractivity contribution in [2.45, 2.75) is 110 Å². The third-order valence-electron chi connectivity index (χ3n) is 8.37. The Morgan fingerprint density at radius 1 is 1.10 bits per heavy atom. The number of carboxylic acid groups (broad SMARTS) is 1. The number of likely N-dealkylation sites (tertiary alicyclic amines) is 1. The average Bonchev–Trinajstić information content (AvgIpc) is 3.33. The second-order valence-electron chi connectivity index (χ2n) is 12.8. The van der Waals surface area contributed by atoms with Crippen molar-refractivity contribution in [1.82, 2.24) is 25.2 Å². The van der Waals surface area contributed by atoms with Gasteiger partial charge in [0.15, 0.2) is 0 Å². The van der Waals surface area contributed by atoms with Crippen molar-refractivity contribution in [1.29, 1.82) is 0 Å². The zero-order valence-electron chi connectivity index (χ0n) is 25.6. The fourth-order valence-corrected chi connectivity index (χ4v) is 5.77. The predicted molar refractivity (Wildman–Crippen MR) is 157 cm³/mol. The second-order valence-corrected chi connectivity index (χ2v) is 14.8. The average molecular weight is 602 g/mol. The van der Waals surface area contributed by atoms with Gasteiger partial charge in [-0.3, -0.25) is 9.59 Å². The van der Waals surface area contributed by atoms with Crippen LogP contribution in [0, 0.1) is 11.3 Å². The predicted octanol–water partition coefficient (Wildman–Crippen LogP) is 2.29. The van der Waals surface area contributed by atoms with Crippen LogP contribution in [-0.2, 0) is 24.4 Å². The maximum absolute atomic E-state index is 13.2. The summed E-state index contributed by atoms with van der Waals surface area (Å²) in [6.07, 6.45) is 9.93. The maximum atomic E-state index is 13.2. The van der Waals surface area contributed by atoms with Crippen LogP contribution in [0.1, 0.15) is 91.9 Å². The van der Waals surface area contributed by atoms with Gasteiger partial charge in [-0.15, -0.1) is 0 Å². The molecule has 2 aliphatic rings. The molecule has 1 aliphatic carbocycles. The van der Waals surface area contributed by atoms with Crippen LogP contribution in [0.5, 0.6) is 0 Å². The first-order valence-corrected chi connectivity index (χ1v) is 16.7. The Balaban J connectivity index is 1.90. The summed E-state index contributed by atoms with van der Waals surface area (Å²) in [5, 5.41) is 17.9. The lowest BCUT2D eigenvalue weighted by Crippen LogP contribution is -2.56. The van der Waals surface area contributed by atoms with Gasteiger partial charge in [-0.25, -0.2) is 22.3 Å². The second kappa shape index (κ2) is 14.7. The number of carbonyl (C=O) groups is 4. The highest BCUT2D eigenvalue weighted by molar-refractivity contribution is 7.88. The highest BCUT2D eigenvalue weighted by atomic mass is 32.2. The summed E-state index contributed by atoms with van der Waals surface area (Å²) in [5.74, 6) is -2.05. The summed E-state index contributed by atoms with van der Waals surface area (Å²) < 4.78 is 24.8. The molecule has 2 unspecified atom stereocenters.